The standard InChI is InChI=1S/C12H12FNO3/c13-9-3-1-7(2-4-9)8-5-10(12(16)17)11(15)14-6-8/h1-4,8,10H,5-6H2,(H,14,15)(H,16,17)/t8-,10+/m0/s1. The molecule has 4 nitrogen and oxygen atoms in total. The topological polar surface area (TPSA) is 66.4 Å². The van der Waals surface area contributed by atoms with Gasteiger partial charge in [-0.2, -0.15) is 0 Å². The molecule has 2 atom stereocenters. The van der Waals surface area contributed by atoms with Crippen LogP contribution in [0.1, 0.15) is 17.9 Å². The third-order valence-corrected chi connectivity index (χ3v) is 3.00. The smallest absolute Gasteiger partial charge is 0.316 e. The van der Waals surface area contributed by atoms with Gasteiger partial charge in [0.25, 0.3) is 0 Å². The predicted molar refractivity (Wildman–Crippen MR) is 57.9 cm³/mol. The van der Waals surface area contributed by atoms with E-state index in [1.807, 2.05) is 0 Å². The molecule has 0 unspecified atom stereocenters. The van der Waals surface area contributed by atoms with Gasteiger partial charge < -0.3 is 10.4 Å². The second kappa shape index (κ2) is 4.53. The average Bonchev–Trinajstić information content (AvgIpc) is 2.30. The first-order valence-corrected chi connectivity index (χ1v) is 5.34. The van der Waals surface area contributed by atoms with Crippen LogP contribution < -0.4 is 5.32 Å². The number of hydrogen-bond acceptors (Lipinski definition) is 2. The van der Waals surface area contributed by atoms with Crippen LogP contribution in [0.25, 0.3) is 0 Å². The fourth-order valence-electron chi connectivity index (χ4n) is 2.02. The lowest BCUT2D eigenvalue weighted by molar-refractivity contribution is -0.148. The molecule has 1 aliphatic rings. The van der Waals surface area contributed by atoms with Crippen molar-refractivity contribution >= 4 is 11.9 Å². The van der Waals surface area contributed by atoms with Crippen molar-refractivity contribution in [3.8, 4) is 0 Å². The molecule has 0 aromatic heterocycles. The SMILES string of the molecule is O=C(O)[C@@H]1C[C@H](c2ccc(F)cc2)CNC1=O. The molecule has 0 aliphatic carbocycles. The van der Waals surface area contributed by atoms with Crippen LogP contribution in [0, 0.1) is 11.7 Å². The van der Waals surface area contributed by atoms with Gasteiger partial charge in [0.05, 0.1) is 0 Å². The molecule has 2 N–H and O–H groups in total. The summed E-state index contributed by atoms with van der Waals surface area (Å²) in [6, 6.07) is 5.91. The van der Waals surface area contributed by atoms with E-state index in [-0.39, 0.29) is 18.2 Å². The Kier molecular flexibility index (Phi) is 3.08. The minimum atomic E-state index is -1.12. The fourth-order valence-corrected chi connectivity index (χ4v) is 2.02. The Balaban J connectivity index is 2.15. The van der Waals surface area contributed by atoms with Crippen LogP contribution in [-0.2, 0) is 9.59 Å². The number of hydrogen-bond donors (Lipinski definition) is 2. The maximum absolute atomic E-state index is 12.8. The van der Waals surface area contributed by atoms with Gasteiger partial charge in [0.1, 0.15) is 11.7 Å². The van der Waals surface area contributed by atoms with Crippen molar-refractivity contribution in [2.45, 2.75) is 12.3 Å². The van der Waals surface area contributed by atoms with Crippen molar-refractivity contribution in [2.24, 2.45) is 5.92 Å². The van der Waals surface area contributed by atoms with Crippen LogP contribution in [0.15, 0.2) is 24.3 Å². The number of amides is 1. The third kappa shape index (κ3) is 2.43. The summed E-state index contributed by atoms with van der Waals surface area (Å²) in [5.74, 6) is -2.98. The third-order valence-electron chi connectivity index (χ3n) is 3.00. The van der Waals surface area contributed by atoms with Crippen molar-refractivity contribution in [3.05, 3.63) is 35.6 Å². The van der Waals surface area contributed by atoms with Gasteiger partial charge in [-0.25, -0.2) is 4.39 Å². The van der Waals surface area contributed by atoms with Crippen molar-refractivity contribution in [2.75, 3.05) is 6.54 Å². The lowest BCUT2D eigenvalue weighted by atomic mass is 9.85. The minimum Gasteiger partial charge on any atom is -0.481 e. The molecule has 0 bridgehead atoms. The number of piperidine rings is 1. The maximum atomic E-state index is 12.8. The number of benzene rings is 1. The highest BCUT2D eigenvalue weighted by Gasteiger charge is 2.34. The summed E-state index contributed by atoms with van der Waals surface area (Å²) in [5, 5.41) is 11.5. The van der Waals surface area contributed by atoms with Crippen LogP contribution >= 0.6 is 0 Å². The molecule has 1 fully saturated rings. The van der Waals surface area contributed by atoms with Gasteiger partial charge in [-0.05, 0) is 24.1 Å². The van der Waals surface area contributed by atoms with E-state index < -0.39 is 17.8 Å². The maximum Gasteiger partial charge on any atom is 0.316 e. The molecule has 1 saturated heterocycles. The lowest BCUT2D eigenvalue weighted by Crippen LogP contribution is -2.43. The van der Waals surface area contributed by atoms with Crippen LogP contribution in [0.4, 0.5) is 4.39 Å². The number of nitrogens with one attached hydrogen (secondary N) is 1. The Morgan fingerprint density at radius 1 is 1.35 bits per heavy atom. The summed E-state index contributed by atoms with van der Waals surface area (Å²) in [4.78, 5) is 22.2. The zero-order valence-electron chi connectivity index (χ0n) is 9.02. The Hall–Kier alpha value is -1.91. The van der Waals surface area contributed by atoms with E-state index in [1.54, 1.807) is 12.1 Å². The molecule has 2 rings (SSSR count). The molecule has 5 heteroatoms. The van der Waals surface area contributed by atoms with Crippen molar-refractivity contribution < 1.29 is 19.1 Å². The molecule has 1 heterocycles. The zero-order valence-corrected chi connectivity index (χ0v) is 9.02. The Bertz CT molecular complexity index is 444. The number of aliphatic carboxylic acids is 1. The van der Waals surface area contributed by atoms with E-state index in [9.17, 15) is 14.0 Å². The number of halogens is 1. The van der Waals surface area contributed by atoms with E-state index in [1.165, 1.54) is 12.1 Å². The zero-order chi connectivity index (χ0) is 12.4. The first kappa shape index (κ1) is 11.6. The number of carboxylic acid groups (broad SMARTS) is 1. The summed E-state index contributed by atoms with van der Waals surface area (Å²) < 4.78 is 12.8. The van der Waals surface area contributed by atoms with Crippen LogP contribution in [0.2, 0.25) is 0 Å². The number of carbonyl (C=O) groups is 2. The fraction of sp³-hybridized carbons (Fsp3) is 0.333. The van der Waals surface area contributed by atoms with Gasteiger partial charge in [-0.3, -0.25) is 9.59 Å². The quantitative estimate of drug-likeness (QED) is 0.758. The molecule has 1 aromatic carbocycles. The summed E-state index contributed by atoms with van der Waals surface area (Å²) in [6.45, 7) is 0.397. The highest BCUT2D eigenvalue weighted by molar-refractivity contribution is 5.97. The van der Waals surface area contributed by atoms with Gasteiger partial charge in [0.2, 0.25) is 5.91 Å². The highest BCUT2D eigenvalue weighted by atomic mass is 19.1. The molecular weight excluding hydrogens is 225 g/mol. The molecular formula is C12H12FNO3. The van der Waals surface area contributed by atoms with Crippen molar-refractivity contribution in [3.63, 3.8) is 0 Å². The Morgan fingerprint density at radius 3 is 2.59 bits per heavy atom. The minimum absolute atomic E-state index is 0.0746. The van der Waals surface area contributed by atoms with Crippen LogP contribution in [-0.4, -0.2) is 23.5 Å². The second-order valence-electron chi connectivity index (χ2n) is 4.12. The summed E-state index contributed by atoms with van der Waals surface area (Å²) in [7, 11) is 0. The molecule has 1 aliphatic heterocycles. The normalized spacial score (nSPS) is 24.2. The number of rotatable bonds is 2. The predicted octanol–water partition coefficient (Wildman–Crippen LogP) is 1.13. The van der Waals surface area contributed by atoms with Crippen molar-refractivity contribution in [1.82, 2.24) is 5.32 Å². The van der Waals surface area contributed by atoms with E-state index in [0.717, 1.165) is 5.56 Å². The van der Waals surface area contributed by atoms with Crippen LogP contribution in [0.3, 0.4) is 0 Å². The Labute approximate surface area is 97.4 Å². The van der Waals surface area contributed by atoms with Crippen LogP contribution in [0.5, 0.6) is 0 Å². The molecule has 0 spiro atoms. The average molecular weight is 237 g/mol. The molecule has 17 heavy (non-hydrogen) atoms. The molecule has 1 aromatic rings. The molecule has 0 saturated carbocycles. The molecule has 90 valence electrons. The van der Waals surface area contributed by atoms with Gasteiger partial charge in [0.15, 0.2) is 0 Å². The first-order valence-electron chi connectivity index (χ1n) is 5.34. The molecule has 1 amide bonds. The largest absolute Gasteiger partial charge is 0.481 e. The van der Waals surface area contributed by atoms with E-state index in [4.69, 9.17) is 5.11 Å². The summed E-state index contributed by atoms with van der Waals surface area (Å²) in [5.41, 5.74) is 0.845. The van der Waals surface area contributed by atoms with E-state index >= 15 is 0 Å². The van der Waals surface area contributed by atoms with Gasteiger partial charge in [-0.1, -0.05) is 12.1 Å². The monoisotopic (exact) mass is 237 g/mol. The van der Waals surface area contributed by atoms with Gasteiger partial charge in [0, 0.05) is 12.5 Å². The summed E-state index contributed by atoms with van der Waals surface area (Å²) in [6.07, 6.45) is 0.257. The van der Waals surface area contributed by atoms with Gasteiger partial charge in [-0.15, -0.1) is 0 Å². The molecule has 0 radical (unpaired) electrons. The van der Waals surface area contributed by atoms with E-state index in [2.05, 4.69) is 5.32 Å². The Morgan fingerprint density at radius 2 is 2.00 bits per heavy atom. The first-order chi connectivity index (χ1) is 8.08. The van der Waals surface area contributed by atoms with Gasteiger partial charge >= 0.3 is 5.97 Å². The lowest BCUT2D eigenvalue weighted by Gasteiger charge is -2.27. The van der Waals surface area contributed by atoms with Crippen molar-refractivity contribution in [1.29, 1.82) is 0 Å². The highest BCUT2D eigenvalue weighted by Crippen LogP contribution is 2.27. The second-order valence-corrected chi connectivity index (χ2v) is 4.12. The van der Waals surface area contributed by atoms with E-state index in [0.29, 0.717) is 6.54 Å². The number of carboxylic acids is 1. The summed E-state index contributed by atoms with van der Waals surface area (Å²) >= 11 is 0. The number of carbonyl (C=O) groups excluding carboxylic acids is 1.